The molecule has 0 bridgehead atoms. The molecule has 0 aliphatic carbocycles. The second-order valence-electron chi connectivity index (χ2n) is 4.32. The maximum Gasteiger partial charge on any atom is 0.168 e. The van der Waals surface area contributed by atoms with Crippen molar-refractivity contribution in [3.63, 3.8) is 0 Å². The predicted octanol–water partition coefficient (Wildman–Crippen LogP) is 4.87. The normalized spacial score (nSPS) is 10.5. The third-order valence-corrected chi connectivity index (χ3v) is 3.33. The number of hydrogen-bond acceptors (Lipinski definition) is 1. The zero-order valence-electron chi connectivity index (χ0n) is 10.2. The van der Waals surface area contributed by atoms with E-state index in [0.717, 1.165) is 5.56 Å². The summed E-state index contributed by atoms with van der Waals surface area (Å²) >= 11 is 11.8. The van der Waals surface area contributed by atoms with Gasteiger partial charge in [-0.05, 0) is 48.4 Å². The van der Waals surface area contributed by atoms with Gasteiger partial charge in [0.05, 0.1) is 5.02 Å². The van der Waals surface area contributed by atoms with Gasteiger partial charge >= 0.3 is 0 Å². The summed E-state index contributed by atoms with van der Waals surface area (Å²) < 4.78 is 13.6. The third kappa shape index (κ3) is 3.34. The van der Waals surface area contributed by atoms with Crippen molar-refractivity contribution in [1.29, 1.82) is 0 Å². The molecule has 0 saturated carbocycles. The second-order valence-corrected chi connectivity index (χ2v) is 5.16. The molecule has 0 spiro atoms. The largest absolute Gasteiger partial charge is 0.294 e. The summed E-state index contributed by atoms with van der Waals surface area (Å²) in [4.78, 5) is 12.1. The predicted molar refractivity (Wildman–Crippen MR) is 75.6 cm³/mol. The molecule has 0 radical (unpaired) electrons. The number of halogens is 3. The molecular weight excluding hydrogens is 286 g/mol. The van der Waals surface area contributed by atoms with Gasteiger partial charge in [0.15, 0.2) is 5.78 Å². The van der Waals surface area contributed by atoms with E-state index >= 15 is 0 Å². The van der Waals surface area contributed by atoms with Crippen molar-refractivity contribution >= 4 is 29.0 Å². The molecule has 0 aliphatic rings. The fourth-order valence-corrected chi connectivity index (χ4v) is 2.33. The van der Waals surface area contributed by atoms with Gasteiger partial charge < -0.3 is 0 Å². The van der Waals surface area contributed by atoms with Crippen LogP contribution in [-0.2, 0) is 6.42 Å². The van der Waals surface area contributed by atoms with Crippen LogP contribution in [0.5, 0.6) is 0 Å². The molecule has 0 heterocycles. The molecule has 98 valence electrons. The highest BCUT2D eigenvalue weighted by Crippen LogP contribution is 2.21. The summed E-state index contributed by atoms with van der Waals surface area (Å²) in [5.74, 6) is -0.674. The first-order valence-corrected chi connectivity index (χ1v) is 6.46. The van der Waals surface area contributed by atoms with E-state index in [-0.39, 0.29) is 17.8 Å². The van der Waals surface area contributed by atoms with Crippen LogP contribution in [0.3, 0.4) is 0 Å². The highest BCUT2D eigenvalue weighted by Gasteiger charge is 2.14. The van der Waals surface area contributed by atoms with Gasteiger partial charge in [-0.3, -0.25) is 4.79 Å². The minimum absolute atomic E-state index is 0.0603. The summed E-state index contributed by atoms with van der Waals surface area (Å²) in [7, 11) is 0. The van der Waals surface area contributed by atoms with Crippen LogP contribution in [0.15, 0.2) is 36.4 Å². The van der Waals surface area contributed by atoms with Gasteiger partial charge in [-0.2, -0.15) is 0 Å². The molecule has 2 rings (SSSR count). The number of ketones is 1. The highest BCUT2D eigenvalue weighted by atomic mass is 35.5. The number of aryl methyl sites for hydroxylation is 1. The SMILES string of the molecule is Cc1ccc(C(=O)Cc2cc(Cl)ccc2F)c(Cl)c1. The smallest absolute Gasteiger partial charge is 0.168 e. The van der Waals surface area contributed by atoms with Crippen LogP contribution in [-0.4, -0.2) is 5.78 Å². The van der Waals surface area contributed by atoms with Gasteiger partial charge in [-0.25, -0.2) is 4.39 Å². The molecule has 0 N–H and O–H groups in total. The fourth-order valence-electron chi connectivity index (χ4n) is 1.79. The summed E-state index contributed by atoms with van der Waals surface area (Å²) in [6.07, 6.45) is -0.0603. The molecule has 0 amide bonds. The van der Waals surface area contributed by atoms with E-state index in [9.17, 15) is 9.18 Å². The van der Waals surface area contributed by atoms with E-state index in [1.807, 2.05) is 6.92 Å². The van der Waals surface area contributed by atoms with E-state index in [0.29, 0.717) is 15.6 Å². The van der Waals surface area contributed by atoms with Crippen molar-refractivity contribution in [1.82, 2.24) is 0 Å². The Morgan fingerprint density at radius 1 is 1.16 bits per heavy atom. The average Bonchev–Trinajstić information content (AvgIpc) is 2.33. The maximum atomic E-state index is 13.6. The number of Topliss-reactive ketones (excluding diaryl/α,β-unsaturated/α-hetero) is 1. The van der Waals surface area contributed by atoms with E-state index in [1.165, 1.54) is 18.2 Å². The molecule has 0 fully saturated rings. The molecule has 1 nitrogen and oxygen atoms in total. The topological polar surface area (TPSA) is 17.1 Å². The maximum absolute atomic E-state index is 13.6. The van der Waals surface area contributed by atoms with Crippen LogP contribution >= 0.6 is 23.2 Å². The lowest BCUT2D eigenvalue weighted by molar-refractivity contribution is 0.0992. The Labute approximate surface area is 121 Å². The van der Waals surface area contributed by atoms with Gasteiger partial charge in [0.25, 0.3) is 0 Å². The minimum Gasteiger partial charge on any atom is -0.294 e. The van der Waals surface area contributed by atoms with Gasteiger partial charge in [0.1, 0.15) is 5.82 Å². The lowest BCUT2D eigenvalue weighted by atomic mass is 10.0. The Morgan fingerprint density at radius 2 is 1.89 bits per heavy atom. The molecule has 0 atom stereocenters. The Bertz CT molecular complexity index is 638. The average molecular weight is 297 g/mol. The van der Waals surface area contributed by atoms with Crippen molar-refractivity contribution < 1.29 is 9.18 Å². The van der Waals surface area contributed by atoms with Crippen molar-refractivity contribution in [2.24, 2.45) is 0 Å². The number of hydrogen-bond donors (Lipinski definition) is 0. The molecule has 0 aromatic heterocycles. The number of carbonyl (C=O) groups excluding carboxylic acids is 1. The summed E-state index contributed by atoms with van der Waals surface area (Å²) in [6.45, 7) is 1.89. The van der Waals surface area contributed by atoms with Crippen LogP contribution in [0, 0.1) is 12.7 Å². The van der Waals surface area contributed by atoms with Crippen molar-refractivity contribution in [2.45, 2.75) is 13.3 Å². The molecule has 2 aromatic carbocycles. The van der Waals surface area contributed by atoms with Crippen molar-refractivity contribution in [2.75, 3.05) is 0 Å². The van der Waals surface area contributed by atoms with Gasteiger partial charge in [-0.1, -0.05) is 29.3 Å². The quantitative estimate of drug-likeness (QED) is 0.739. The number of rotatable bonds is 3. The first-order valence-electron chi connectivity index (χ1n) is 5.70. The van der Waals surface area contributed by atoms with E-state index < -0.39 is 5.82 Å². The molecule has 0 aliphatic heterocycles. The molecule has 19 heavy (non-hydrogen) atoms. The summed E-state index contributed by atoms with van der Waals surface area (Å²) in [5.41, 5.74) is 1.64. The third-order valence-electron chi connectivity index (χ3n) is 2.78. The first-order chi connectivity index (χ1) is 8.97. The van der Waals surface area contributed by atoms with E-state index in [4.69, 9.17) is 23.2 Å². The summed E-state index contributed by atoms with van der Waals surface area (Å²) in [6, 6.07) is 9.32. The van der Waals surface area contributed by atoms with E-state index in [1.54, 1.807) is 18.2 Å². The molecular formula is C15H11Cl2FO. The van der Waals surface area contributed by atoms with E-state index in [2.05, 4.69) is 0 Å². The van der Waals surface area contributed by atoms with Crippen LogP contribution in [0.1, 0.15) is 21.5 Å². The minimum atomic E-state index is -0.444. The second kappa shape index (κ2) is 5.72. The Balaban J connectivity index is 2.28. The van der Waals surface area contributed by atoms with Crippen LogP contribution in [0.25, 0.3) is 0 Å². The number of benzene rings is 2. The Hall–Kier alpha value is -1.38. The lowest BCUT2D eigenvalue weighted by Gasteiger charge is -2.06. The number of carbonyl (C=O) groups is 1. The van der Waals surface area contributed by atoms with Gasteiger partial charge in [0.2, 0.25) is 0 Å². The monoisotopic (exact) mass is 296 g/mol. The standard InChI is InChI=1S/C15H11Cl2FO/c1-9-2-4-12(13(17)6-9)15(19)8-10-7-11(16)3-5-14(10)18/h2-7H,8H2,1H3. The Kier molecular flexibility index (Phi) is 4.23. The van der Waals surface area contributed by atoms with Gasteiger partial charge in [-0.15, -0.1) is 0 Å². The Morgan fingerprint density at radius 3 is 2.58 bits per heavy atom. The fraction of sp³-hybridized carbons (Fsp3) is 0.133. The van der Waals surface area contributed by atoms with Crippen molar-refractivity contribution in [3.05, 3.63) is 69.0 Å². The zero-order chi connectivity index (χ0) is 14.0. The molecule has 4 heteroatoms. The molecule has 0 saturated heterocycles. The van der Waals surface area contributed by atoms with Crippen LogP contribution in [0.4, 0.5) is 4.39 Å². The zero-order valence-corrected chi connectivity index (χ0v) is 11.7. The highest BCUT2D eigenvalue weighted by molar-refractivity contribution is 6.34. The first kappa shape index (κ1) is 14.0. The summed E-state index contributed by atoms with van der Waals surface area (Å²) in [5, 5.41) is 0.784. The van der Waals surface area contributed by atoms with Gasteiger partial charge in [0, 0.05) is 17.0 Å². The van der Waals surface area contributed by atoms with Crippen LogP contribution in [0.2, 0.25) is 10.0 Å². The lowest BCUT2D eigenvalue weighted by Crippen LogP contribution is -2.06. The van der Waals surface area contributed by atoms with Crippen LogP contribution < -0.4 is 0 Å². The molecule has 2 aromatic rings. The molecule has 0 unspecified atom stereocenters. The van der Waals surface area contributed by atoms with Crippen molar-refractivity contribution in [3.8, 4) is 0 Å².